The molecule has 0 radical (unpaired) electrons. The van der Waals surface area contributed by atoms with Crippen molar-refractivity contribution in [2.24, 2.45) is 11.3 Å². The second kappa shape index (κ2) is 10.2. The van der Waals surface area contributed by atoms with E-state index >= 15 is 0 Å². The number of nitrogens with zero attached hydrogens (tertiary/aromatic N) is 3. The number of aromatic amines is 1. The lowest BCUT2D eigenvalue weighted by Crippen LogP contribution is -2.26. The quantitative estimate of drug-likeness (QED) is 0.408. The van der Waals surface area contributed by atoms with Crippen LogP contribution in [0.3, 0.4) is 0 Å². The minimum Gasteiger partial charge on any atom is -0.493 e. The summed E-state index contributed by atoms with van der Waals surface area (Å²) in [4.78, 5) is 18.4. The largest absolute Gasteiger partial charge is 0.493 e. The summed E-state index contributed by atoms with van der Waals surface area (Å²) in [7, 11) is 0. The van der Waals surface area contributed by atoms with Crippen molar-refractivity contribution in [3.63, 3.8) is 0 Å². The zero-order chi connectivity index (χ0) is 24.3. The number of hydrogen-bond donors (Lipinski definition) is 2. The van der Waals surface area contributed by atoms with Gasteiger partial charge in [0.05, 0.1) is 23.5 Å². The molecule has 1 aromatic carbocycles. The van der Waals surface area contributed by atoms with Crippen LogP contribution in [0.4, 0.5) is 5.00 Å². The Labute approximate surface area is 208 Å². The number of anilines is 1. The number of thioether (sulfide) groups is 1. The number of ether oxygens (including phenoxy) is 1. The van der Waals surface area contributed by atoms with Gasteiger partial charge >= 0.3 is 0 Å². The van der Waals surface area contributed by atoms with Crippen LogP contribution in [0.1, 0.15) is 50.1 Å². The van der Waals surface area contributed by atoms with Gasteiger partial charge in [0.15, 0.2) is 5.82 Å². The van der Waals surface area contributed by atoms with Gasteiger partial charge in [-0.2, -0.15) is 5.26 Å². The van der Waals surface area contributed by atoms with Crippen LogP contribution in [0.5, 0.6) is 5.75 Å². The van der Waals surface area contributed by atoms with Gasteiger partial charge in [-0.3, -0.25) is 9.89 Å². The highest BCUT2D eigenvalue weighted by atomic mass is 32.2. The summed E-state index contributed by atoms with van der Waals surface area (Å²) in [5, 5.41) is 21.0. The first-order chi connectivity index (χ1) is 16.3. The predicted molar refractivity (Wildman–Crippen MR) is 136 cm³/mol. The number of para-hydroxylation sites is 1. The number of rotatable bonds is 7. The molecule has 4 rings (SSSR count). The van der Waals surface area contributed by atoms with E-state index in [2.05, 4.69) is 47.3 Å². The van der Waals surface area contributed by atoms with Crippen LogP contribution in [0.25, 0.3) is 11.4 Å². The lowest BCUT2D eigenvalue weighted by Gasteiger charge is -2.33. The van der Waals surface area contributed by atoms with Crippen LogP contribution in [0.15, 0.2) is 29.4 Å². The fourth-order valence-corrected chi connectivity index (χ4v) is 6.09. The summed E-state index contributed by atoms with van der Waals surface area (Å²) in [6, 6.07) is 9.95. The number of H-pyrrole nitrogens is 1. The summed E-state index contributed by atoms with van der Waals surface area (Å²) in [6.07, 6.45) is 2.93. The number of carbonyl (C=O) groups is 1. The van der Waals surface area contributed by atoms with Crippen molar-refractivity contribution < 1.29 is 9.53 Å². The van der Waals surface area contributed by atoms with Gasteiger partial charge in [-0.1, -0.05) is 44.7 Å². The molecule has 2 aromatic heterocycles. The average Bonchev–Trinajstić information content (AvgIpc) is 3.41. The molecule has 34 heavy (non-hydrogen) atoms. The number of amides is 1. The SMILES string of the molecule is CCOc1ccccc1-c1nc(SCC(=O)Nc2sc3c(c2C#N)CC[C@H](C(C)(C)C)C3)n[nH]1. The molecule has 1 aliphatic rings. The van der Waals surface area contributed by atoms with E-state index in [1.807, 2.05) is 31.2 Å². The van der Waals surface area contributed by atoms with Gasteiger partial charge < -0.3 is 10.1 Å². The number of carbonyl (C=O) groups excluding carboxylic acids is 1. The molecular formula is C25H29N5O2S2. The molecule has 0 fully saturated rings. The third-order valence-electron chi connectivity index (χ3n) is 6.09. The first kappa shape index (κ1) is 24.3. The van der Waals surface area contributed by atoms with Gasteiger partial charge in [-0.15, -0.1) is 16.4 Å². The Balaban J connectivity index is 1.40. The maximum Gasteiger partial charge on any atom is 0.235 e. The molecule has 0 saturated heterocycles. The highest BCUT2D eigenvalue weighted by Gasteiger charge is 2.32. The van der Waals surface area contributed by atoms with Crippen molar-refractivity contribution >= 4 is 34.0 Å². The summed E-state index contributed by atoms with van der Waals surface area (Å²) in [5.74, 6) is 1.89. The number of aromatic nitrogens is 3. The van der Waals surface area contributed by atoms with Crippen LogP contribution < -0.4 is 10.1 Å². The van der Waals surface area contributed by atoms with Crippen molar-refractivity contribution in [1.82, 2.24) is 15.2 Å². The number of nitriles is 1. The summed E-state index contributed by atoms with van der Waals surface area (Å²) < 4.78 is 5.66. The van der Waals surface area contributed by atoms with E-state index in [4.69, 9.17) is 4.74 Å². The van der Waals surface area contributed by atoms with Gasteiger partial charge in [0.2, 0.25) is 11.1 Å². The third kappa shape index (κ3) is 5.29. The Morgan fingerprint density at radius 1 is 1.38 bits per heavy atom. The van der Waals surface area contributed by atoms with Crippen molar-refractivity contribution in [3.05, 3.63) is 40.3 Å². The molecule has 7 nitrogen and oxygen atoms in total. The molecule has 0 unspecified atom stereocenters. The Morgan fingerprint density at radius 3 is 2.91 bits per heavy atom. The fourth-order valence-electron chi connectivity index (χ4n) is 4.20. The van der Waals surface area contributed by atoms with Gasteiger partial charge in [-0.25, -0.2) is 4.98 Å². The Hall–Kier alpha value is -2.83. The summed E-state index contributed by atoms with van der Waals surface area (Å²) in [6.45, 7) is 9.30. The van der Waals surface area contributed by atoms with Gasteiger partial charge in [0.1, 0.15) is 16.8 Å². The molecule has 2 heterocycles. The molecule has 3 aromatic rings. The van der Waals surface area contributed by atoms with E-state index in [9.17, 15) is 10.1 Å². The van der Waals surface area contributed by atoms with Gasteiger partial charge in [0, 0.05) is 4.88 Å². The van der Waals surface area contributed by atoms with Gasteiger partial charge in [-0.05, 0) is 55.2 Å². The number of nitrogens with one attached hydrogen (secondary N) is 2. The molecule has 178 valence electrons. The molecular weight excluding hydrogens is 466 g/mol. The Bertz CT molecular complexity index is 1220. The van der Waals surface area contributed by atoms with Gasteiger partial charge in [0.25, 0.3) is 0 Å². The monoisotopic (exact) mass is 495 g/mol. The van der Waals surface area contributed by atoms with Crippen LogP contribution in [0.2, 0.25) is 0 Å². The molecule has 0 spiro atoms. The molecule has 0 saturated carbocycles. The van der Waals surface area contributed by atoms with E-state index in [0.29, 0.717) is 34.1 Å². The summed E-state index contributed by atoms with van der Waals surface area (Å²) in [5.41, 5.74) is 2.79. The number of fused-ring (bicyclic) bond motifs is 1. The molecule has 1 amide bonds. The zero-order valence-corrected chi connectivity index (χ0v) is 21.5. The molecule has 9 heteroatoms. The molecule has 0 aliphatic heterocycles. The topological polar surface area (TPSA) is 104 Å². The molecule has 1 aliphatic carbocycles. The average molecular weight is 496 g/mol. The van der Waals surface area contributed by atoms with E-state index < -0.39 is 0 Å². The summed E-state index contributed by atoms with van der Waals surface area (Å²) >= 11 is 2.80. The zero-order valence-electron chi connectivity index (χ0n) is 19.9. The maximum absolute atomic E-state index is 12.7. The van der Waals surface area contributed by atoms with Crippen LogP contribution in [-0.2, 0) is 17.6 Å². The van der Waals surface area contributed by atoms with Crippen molar-refractivity contribution in [3.8, 4) is 23.2 Å². The smallest absolute Gasteiger partial charge is 0.235 e. The lowest BCUT2D eigenvalue weighted by molar-refractivity contribution is -0.113. The predicted octanol–water partition coefficient (Wildman–Crippen LogP) is 5.69. The fraction of sp³-hybridized carbons (Fsp3) is 0.440. The van der Waals surface area contributed by atoms with E-state index in [1.54, 1.807) is 11.3 Å². The second-order valence-corrected chi connectivity index (χ2v) is 11.4. The highest BCUT2D eigenvalue weighted by Crippen LogP contribution is 2.44. The maximum atomic E-state index is 12.7. The van der Waals surface area contributed by atoms with Crippen LogP contribution in [0, 0.1) is 22.7 Å². The minimum atomic E-state index is -0.173. The Morgan fingerprint density at radius 2 is 2.18 bits per heavy atom. The Kier molecular flexibility index (Phi) is 7.29. The standard InChI is InChI=1S/C25H29N5O2S2/c1-5-32-19-9-7-6-8-17(19)22-28-24(30-29-22)33-14-21(31)27-23-18(13-26)16-11-10-15(25(2,3)4)12-20(16)34-23/h6-9,15H,5,10-12,14H2,1-4H3,(H,27,31)(H,28,29,30)/t15-/m0/s1. The van der Waals surface area contributed by atoms with Crippen molar-refractivity contribution in [1.29, 1.82) is 5.26 Å². The van der Waals surface area contributed by atoms with Crippen molar-refractivity contribution in [2.75, 3.05) is 17.7 Å². The van der Waals surface area contributed by atoms with Crippen LogP contribution in [-0.4, -0.2) is 33.4 Å². The molecule has 1 atom stereocenters. The first-order valence-corrected chi connectivity index (χ1v) is 13.2. The van der Waals surface area contributed by atoms with Crippen LogP contribution >= 0.6 is 23.1 Å². The highest BCUT2D eigenvalue weighted by molar-refractivity contribution is 7.99. The second-order valence-electron chi connectivity index (χ2n) is 9.36. The lowest BCUT2D eigenvalue weighted by atomic mass is 9.72. The molecule has 0 bridgehead atoms. The normalized spacial score (nSPS) is 15.4. The first-order valence-electron chi connectivity index (χ1n) is 11.4. The van der Waals surface area contributed by atoms with E-state index in [1.165, 1.54) is 16.6 Å². The minimum absolute atomic E-state index is 0.155. The number of hydrogen-bond acceptors (Lipinski definition) is 7. The molecule has 2 N–H and O–H groups in total. The number of benzene rings is 1. The van der Waals surface area contributed by atoms with E-state index in [0.717, 1.165) is 36.1 Å². The van der Waals surface area contributed by atoms with Crippen molar-refractivity contribution in [2.45, 2.75) is 52.1 Å². The van der Waals surface area contributed by atoms with E-state index in [-0.39, 0.29) is 17.1 Å². The number of thiophene rings is 1. The third-order valence-corrected chi connectivity index (χ3v) is 8.11.